The molecule has 0 aromatic heterocycles. The molecule has 0 saturated carbocycles. The van der Waals surface area contributed by atoms with E-state index in [2.05, 4.69) is 5.32 Å². The SMILES string of the molecule is C[C@@H](C(=O)NC(C)(C)C)N(Cc1ccc(F)cc1)C(=O)CN(C)S(=O)(=O)c1ccc(Cl)cc1. The number of nitrogens with zero attached hydrogens (tertiary/aromatic N) is 2. The Morgan fingerprint density at radius 2 is 1.61 bits per heavy atom. The van der Waals surface area contributed by atoms with Gasteiger partial charge in [0.05, 0.1) is 11.4 Å². The van der Waals surface area contributed by atoms with Gasteiger partial charge in [0.25, 0.3) is 0 Å². The zero-order valence-electron chi connectivity index (χ0n) is 19.3. The van der Waals surface area contributed by atoms with E-state index in [0.717, 1.165) is 4.31 Å². The number of carbonyl (C=O) groups is 2. The summed E-state index contributed by atoms with van der Waals surface area (Å²) in [6, 6.07) is 10.3. The smallest absolute Gasteiger partial charge is 0.243 e. The lowest BCUT2D eigenvalue weighted by Crippen LogP contribution is -2.54. The zero-order chi connectivity index (χ0) is 25.0. The minimum atomic E-state index is -3.96. The van der Waals surface area contributed by atoms with Crippen LogP contribution < -0.4 is 5.32 Å². The van der Waals surface area contributed by atoms with Crippen LogP contribution in [0.4, 0.5) is 4.39 Å². The van der Waals surface area contributed by atoms with Gasteiger partial charge in [0.1, 0.15) is 11.9 Å². The highest BCUT2D eigenvalue weighted by atomic mass is 35.5. The molecule has 1 N–H and O–H groups in total. The molecule has 0 spiro atoms. The van der Waals surface area contributed by atoms with E-state index in [1.807, 2.05) is 20.8 Å². The number of hydrogen-bond acceptors (Lipinski definition) is 4. The largest absolute Gasteiger partial charge is 0.350 e. The lowest BCUT2D eigenvalue weighted by atomic mass is 10.1. The number of carbonyl (C=O) groups excluding carboxylic acids is 2. The van der Waals surface area contributed by atoms with Crippen molar-refractivity contribution in [2.75, 3.05) is 13.6 Å². The van der Waals surface area contributed by atoms with Gasteiger partial charge in [-0.05, 0) is 69.7 Å². The van der Waals surface area contributed by atoms with E-state index in [4.69, 9.17) is 11.6 Å². The molecule has 0 saturated heterocycles. The summed E-state index contributed by atoms with van der Waals surface area (Å²) >= 11 is 5.83. The fourth-order valence-corrected chi connectivity index (χ4v) is 4.24. The Balaban J connectivity index is 2.28. The lowest BCUT2D eigenvalue weighted by molar-refractivity contribution is -0.141. The Hall–Kier alpha value is -2.49. The number of halogens is 2. The summed E-state index contributed by atoms with van der Waals surface area (Å²) in [7, 11) is -2.67. The molecule has 0 heterocycles. The Bertz CT molecular complexity index is 1080. The average Bonchev–Trinajstić information content (AvgIpc) is 2.71. The van der Waals surface area contributed by atoms with E-state index < -0.39 is 39.9 Å². The van der Waals surface area contributed by atoms with Gasteiger partial charge in [-0.2, -0.15) is 4.31 Å². The Morgan fingerprint density at radius 3 is 2.12 bits per heavy atom. The minimum Gasteiger partial charge on any atom is -0.350 e. The molecular formula is C23H29ClFN3O4S. The summed E-state index contributed by atoms with van der Waals surface area (Å²) in [5, 5.41) is 3.21. The van der Waals surface area contributed by atoms with Crippen LogP contribution in [0.1, 0.15) is 33.3 Å². The molecule has 0 aliphatic heterocycles. The van der Waals surface area contributed by atoms with Crippen LogP contribution in [0.5, 0.6) is 0 Å². The Kier molecular flexibility index (Phi) is 8.62. The third-order valence-corrected chi connectivity index (χ3v) is 6.88. The molecule has 33 heavy (non-hydrogen) atoms. The minimum absolute atomic E-state index is 0.00662. The molecule has 7 nitrogen and oxygen atoms in total. The van der Waals surface area contributed by atoms with Crippen LogP contribution in [-0.4, -0.2) is 54.6 Å². The third kappa shape index (κ3) is 7.52. The first-order valence-electron chi connectivity index (χ1n) is 10.3. The molecule has 180 valence electrons. The Labute approximate surface area is 199 Å². The molecule has 1 atom stereocenters. The van der Waals surface area contributed by atoms with E-state index in [1.165, 1.54) is 60.5 Å². The molecule has 2 aromatic rings. The highest BCUT2D eigenvalue weighted by molar-refractivity contribution is 7.89. The van der Waals surface area contributed by atoms with Crippen molar-refractivity contribution in [1.29, 1.82) is 0 Å². The molecule has 0 radical (unpaired) electrons. The summed E-state index contributed by atoms with van der Waals surface area (Å²) in [5.74, 6) is -1.39. The predicted octanol–water partition coefficient (Wildman–Crippen LogP) is 3.43. The molecule has 0 aliphatic carbocycles. The quantitative estimate of drug-likeness (QED) is 0.605. The normalized spacial score (nSPS) is 13.0. The molecule has 0 bridgehead atoms. The topological polar surface area (TPSA) is 86.8 Å². The maximum Gasteiger partial charge on any atom is 0.243 e. The monoisotopic (exact) mass is 497 g/mol. The predicted molar refractivity (Wildman–Crippen MR) is 126 cm³/mol. The van der Waals surface area contributed by atoms with E-state index in [9.17, 15) is 22.4 Å². The summed E-state index contributed by atoms with van der Waals surface area (Å²) in [6.45, 7) is 6.53. The fourth-order valence-electron chi connectivity index (χ4n) is 3.00. The molecule has 2 amide bonds. The highest BCUT2D eigenvalue weighted by Crippen LogP contribution is 2.19. The zero-order valence-corrected chi connectivity index (χ0v) is 20.9. The van der Waals surface area contributed by atoms with Crippen LogP contribution in [0.15, 0.2) is 53.4 Å². The molecule has 10 heteroatoms. The van der Waals surface area contributed by atoms with Gasteiger partial charge < -0.3 is 10.2 Å². The molecule has 0 aliphatic rings. The van der Waals surface area contributed by atoms with Crippen molar-refractivity contribution in [1.82, 2.24) is 14.5 Å². The van der Waals surface area contributed by atoms with E-state index in [0.29, 0.717) is 10.6 Å². The second kappa shape index (κ2) is 10.6. The van der Waals surface area contributed by atoms with Crippen LogP contribution in [0, 0.1) is 5.82 Å². The maximum absolute atomic E-state index is 13.3. The molecular weight excluding hydrogens is 469 g/mol. The van der Waals surface area contributed by atoms with E-state index >= 15 is 0 Å². The van der Waals surface area contributed by atoms with Crippen molar-refractivity contribution in [3.8, 4) is 0 Å². The van der Waals surface area contributed by atoms with Gasteiger partial charge in [-0.3, -0.25) is 9.59 Å². The second-order valence-corrected chi connectivity index (χ2v) is 11.3. The lowest BCUT2D eigenvalue weighted by Gasteiger charge is -2.32. The number of amides is 2. The number of rotatable bonds is 8. The first kappa shape index (κ1) is 26.8. The van der Waals surface area contributed by atoms with Crippen LogP contribution in [0.25, 0.3) is 0 Å². The molecule has 2 aromatic carbocycles. The summed E-state index contributed by atoms with van der Waals surface area (Å²) < 4.78 is 40.0. The van der Waals surface area contributed by atoms with E-state index in [-0.39, 0.29) is 17.3 Å². The van der Waals surface area contributed by atoms with Crippen molar-refractivity contribution < 1.29 is 22.4 Å². The number of sulfonamides is 1. The van der Waals surface area contributed by atoms with Crippen molar-refractivity contribution >= 4 is 33.4 Å². The standard InChI is InChI=1S/C23H29ClFN3O4S/c1-16(22(30)26-23(2,3)4)28(14-17-6-10-19(25)11-7-17)21(29)15-27(5)33(31,32)20-12-8-18(24)9-13-20/h6-13,16H,14-15H2,1-5H3,(H,26,30)/t16-/m0/s1. The van der Waals surface area contributed by atoms with Crippen LogP contribution in [0.3, 0.4) is 0 Å². The average molecular weight is 498 g/mol. The first-order valence-corrected chi connectivity index (χ1v) is 12.1. The van der Waals surface area contributed by atoms with Gasteiger partial charge >= 0.3 is 0 Å². The maximum atomic E-state index is 13.3. The molecule has 0 fully saturated rings. The van der Waals surface area contributed by atoms with Crippen LogP contribution in [0.2, 0.25) is 5.02 Å². The van der Waals surface area contributed by atoms with Gasteiger partial charge in [0, 0.05) is 24.2 Å². The van der Waals surface area contributed by atoms with Gasteiger partial charge in [0.2, 0.25) is 21.8 Å². The van der Waals surface area contributed by atoms with Crippen molar-refractivity contribution in [3.63, 3.8) is 0 Å². The van der Waals surface area contributed by atoms with E-state index in [1.54, 1.807) is 6.92 Å². The van der Waals surface area contributed by atoms with Gasteiger partial charge in [0.15, 0.2) is 0 Å². The van der Waals surface area contributed by atoms with Crippen molar-refractivity contribution in [2.45, 2.75) is 50.7 Å². The summed E-state index contributed by atoms with van der Waals surface area (Å²) in [5.41, 5.74) is 0.0772. The fraction of sp³-hybridized carbons (Fsp3) is 0.391. The first-order chi connectivity index (χ1) is 15.2. The summed E-state index contributed by atoms with van der Waals surface area (Å²) in [4.78, 5) is 27.3. The third-order valence-electron chi connectivity index (χ3n) is 4.81. The Morgan fingerprint density at radius 1 is 1.06 bits per heavy atom. The summed E-state index contributed by atoms with van der Waals surface area (Å²) in [6.07, 6.45) is 0. The van der Waals surface area contributed by atoms with Crippen molar-refractivity contribution in [2.24, 2.45) is 0 Å². The van der Waals surface area contributed by atoms with Crippen LogP contribution >= 0.6 is 11.6 Å². The van der Waals surface area contributed by atoms with Crippen LogP contribution in [-0.2, 0) is 26.2 Å². The van der Waals surface area contributed by atoms with Crippen molar-refractivity contribution in [3.05, 3.63) is 64.9 Å². The van der Waals surface area contributed by atoms with Gasteiger partial charge in [-0.15, -0.1) is 0 Å². The molecule has 2 rings (SSSR count). The second-order valence-electron chi connectivity index (χ2n) is 8.78. The van der Waals surface area contributed by atoms with Gasteiger partial charge in [-0.1, -0.05) is 23.7 Å². The highest BCUT2D eigenvalue weighted by Gasteiger charge is 2.31. The number of benzene rings is 2. The number of hydrogen-bond donors (Lipinski definition) is 1. The van der Waals surface area contributed by atoms with Gasteiger partial charge in [-0.25, -0.2) is 12.8 Å². The molecule has 0 unspecified atom stereocenters. The number of nitrogens with one attached hydrogen (secondary N) is 1. The number of likely N-dealkylation sites (N-methyl/N-ethyl adjacent to an activating group) is 1.